The number of rotatable bonds is 5. The van der Waals surface area contributed by atoms with E-state index < -0.39 is 5.60 Å². The van der Waals surface area contributed by atoms with Crippen LogP contribution in [-0.4, -0.2) is 11.7 Å². The molecule has 0 aliphatic heterocycles. The zero-order chi connectivity index (χ0) is 11.4. The van der Waals surface area contributed by atoms with Crippen molar-refractivity contribution in [1.82, 2.24) is 5.32 Å². The van der Waals surface area contributed by atoms with Gasteiger partial charge in [0.15, 0.2) is 0 Å². The normalized spacial score (nSPS) is 14.9. The fraction of sp³-hybridized carbons (Fsp3) is 0.333. The summed E-state index contributed by atoms with van der Waals surface area (Å²) in [4.78, 5) is 0. The fourth-order valence-electron chi connectivity index (χ4n) is 1.52. The van der Waals surface area contributed by atoms with Crippen LogP contribution < -0.4 is 5.32 Å². The van der Waals surface area contributed by atoms with Crippen molar-refractivity contribution in [2.45, 2.75) is 19.1 Å². The molecule has 4 heteroatoms. The van der Waals surface area contributed by atoms with E-state index in [1.54, 1.807) is 22.7 Å². The van der Waals surface area contributed by atoms with Gasteiger partial charge in [-0.15, -0.1) is 0 Å². The van der Waals surface area contributed by atoms with Gasteiger partial charge in [0.25, 0.3) is 0 Å². The van der Waals surface area contributed by atoms with E-state index in [0.717, 1.165) is 12.1 Å². The van der Waals surface area contributed by atoms with Gasteiger partial charge in [0.1, 0.15) is 0 Å². The summed E-state index contributed by atoms with van der Waals surface area (Å²) in [5.74, 6) is 0. The van der Waals surface area contributed by atoms with Crippen molar-refractivity contribution in [2.75, 3.05) is 6.54 Å². The van der Waals surface area contributed by atoms with Gasteiger partial charge in [-0.3, -0.25) is 0 Å². The van der Waals surface area contributed by atoms with Crippen LogP contribution in [0.1, 0.15) is 18.1 Å². The second-order valence-corrected chi connectivity index (χ2v) is 5.58. The number of aliphatic hydroxyl groups is 1. The molecule has 0 aromatic carbocycles. The molecule has 0 radical (unpaired) electrons. The van der Waals surface area contributed by atoms with E-state index in [-0.39, 0.29) is 0 Å². The van der Waals surface area contributed by atoms with Gasteiger partial charge in [0.2, 0.25) is 0 Å². The van der Waals surface area contributed by atoms with Crippen LogP contribution in [-0.2, 0) is 12.1 Å². The van der Waals surface area contributed by atoms with Crippen LogP contribution in [0, 0.1) is 0 Å². The van der Waals surface area contributed by atoms with E-state index >= 15 is 0 Å². The highest BCUT2D eigenvalue weighted by Crippen LogP contribution is 2.22. The molecule has 2 heterocycles. The van der Waals surface area contributed by atoms with Crippen molar-refractivity contribution < 1.29 is 5.11 Å². The zero-order valence-corrected chi connectivity index (χ0v) is 10.8. The molecule has 0 saturated heterocycles. The Bertz CT molecular complexity index is 406. The minimum Gasteiger partial charge on any atom is -0.384 e. The lowest BCUT2D eigenvalue weighted by atomic mass is 9.99. The molecule has 0 fully saturated rings. The van der Waals surface area contributed by atoms with Gasteiger partial charge in [-0.25, -0.2) is 0 Å². The van der Waals surface area contributed by atoms with Crippen molar-refractivity contribution in [1.29, 1.82) is 0 Å². The average molecular weight is 253 g/mol. The highest BCUT2D eigenvalue weighted by atomic mass is 32.1. The summed E-state index contributed by atoms with van der Waals surface area (Å²) >= 11 is 3.31. The highest BCUT2D eigenvalue weighted by Gasteiger charge is 2.22. The van der Waals surface area contributed by atoms with Crippen LogP contribution in [0.3, 0.4) is 0 Å². The molecule has 2 rings (SSSR count). The molecular weight excluding hydrogens is 238 g/mol. The number of hydrogen-bond acceptors (Lipinski definition) is 4. The molecule has 2 aromatic heterocycles. The molecule has 0 bridgehead atoms. The molecule has 2 aromatic rings. The first-order valence-corrected chi connectivity index (χ1v) is 7.04. The Balaban J connectivity index is 1.85. The molecule has 0 spiro atoms. The molecule has 2 nitrogen and oxygen atoms in total. The summed E-state index contributed by atoms with van der Waals surface area (Å²) in [6.07, 6.45) is 0. The molecule has 0 saturated carbocycles. The molecule has 1 atom stereocenters. The Morgan fingerprint density at radius 2 is 2.00 bits per heavy atom. The third-order valence-electron chi connectivity index (χ3n) is 2.52. The van der Waals surface area contributed by atoms with Crippen LogP contribution in [0.4, 0.5) is 0 Å². The highest BCUT2D eigenvalue weighted by molar-refractivity contribution is 7.08. The molecule has 86 valence electrons. The first kappa shape index (κ1) is 11.8. The summed E-state index contributed by atoms with van der Waals surface area (Å²) in [7, 11) is 0. The van der Waals surface area contributed by atoms with E-state index in [0.29, 0.717) is 6.54 Å². The zero-order valence-electron chi connectivity index (χ0n) is 9.14. The molecule has 0 aliphatic rings. The smallest absolute Gasteiger partial charge is 0.1000 e. The Hall–Kier alpha value is -0.680. The number of thiophene rings is 2. The average Bonchev–Trinajstić information content (AvgIpc) is 2.90. The Morgan fingerprint density at radius 3 is 2.62 bits per heavy atom. The van der Waals surface area contributed by atoms with Crippen molar-refractivity contribution in [3.63, 3.8) is 0 Å². The van der Waals surface area contributed by atoms with Crippen molar-refractivity contribution in [3.8, 4) is 0 Å². The molecule has 16 heavy (non-hydrogen) atoms. The van der Waals surface area contributed by atoms with Gasteiger partial charge < -0.3 is 10.4 Å². The predicted molar refractivity (Wildman–Crippen MR) is 69.9 cm³/mol. The van der Waals surface area contributed by atoms with E-state index in [1.807, 2.05) is 23.8 Å². The molecular formula is C12H15NOS2. The fourth-order valence-corrected chi connectivity index (χ4v) is 2.97. The monoisotopic (exact) mass is 253 g/mol. The van der Waals surface area contributed by atoms with E-state index in [9.17, 15) is 5.11 Å². The lowest BCUT2D eigenvalue weighted by Crippen LogP contribution is -2.34. The van der Waals surface area contributed by atoms with E-state index in [1.165, 1.54) is 5.56 Å². The van der Waals surface area contributed by atoms with Gasteiger partial charge in [0.05, 0.1) is 5.60 Å². The minimum absolute atomic E-state index is 0.569. The first-order valence-electron chi connectivity index (χ1n) is 5.15. The van der Waals surface area contributed by atoms with E-state index in [4.69, 9.17) is 0 Å². The topological polar surface area (TPSA) is 32.3 Å². The number of nitrogens with one attached hydrogen (secondary N) is 1. The van der Waals surface area contributed by atoms with Gasteiger partial charge in [0, 0.05) is 13.1 Å². The lowest BCUT2D eigenvalue weighted by molar-refractivity contribution is 0.0571. The van der Waals surface area contributed by atoms with Crippen LogP contribution in [0.15, 0.2) is 33.7 Å². The third kappa shape index (κ3) is 2.92. The minimum atomic E-state index is -0.782. The summed E-state index contributed by atoms with van der Waals surface area (Å²) in [6, 6.07) is 4.06. The second-order valence-electron chi connectivity index (χ2n) is 4.02. The molecule has 0 amide bonds. The van der Waals surface area contributed by atoms with Crippen LogP contribution in [0.2, 0.25) is 0 Å². The quantitative estimate of drug-likeness (QED) is 0.859. The second kappa shape index (κ2) is 5.10. The largest absolute Gasteiger partial charge is 0.384 e. The van der Waals surface area contributed by atoms with E-state index in [2.05, 4.69) is 22.1 Å². The summed E-state index contributed by atoms with van der Waals surface area (Å²) in [6.45, 7) is 3.22. The predicted octanol–water partition coefficient (Wildman–Crippen LogP) is 2.81. The maximum Gasteiger partial charge on any atom is 0.1000 e. The van der Waals surface area contributed by atoms with Gasteiger partial charge >= 0.3 is 0 Å². The van der Waals surface area contributed by atoms with Crippen molar-refractivity contribution in [2.24, 2.45) is 0 Å². The Labute approximate surface area is 104 Å². The van der Waals surface area contributed by atoms with Gasteiger partial charge in [-0.1, -0.05) is 0 Å². The van der Waals surface area contributed by atoms with Gasteiger partial charge in [-0.2, -0.15) is 22.7 Å². The first-order chi connectivity index (χ1) is 7.68. The molecule has 0 aliphatic carbocycles. The maximum absolute atomic E-state index is 10.3. The van der Waals surface area contributed by atoms with Crippen LogP contribution in [0.5, 0.6) is 0 Å². The van der Waals surface area contributed by atoms with Crippen LogP contribution in [0.25, 0.3) is 0 Å². The molecule has 1 unspecified atom stereocenters. The Kier molecular flexibility index (Phi) is 3.76. The summed E-state index contributed by atoms with van der Waals surface area (Å²) < 4.78 is 0. The molecule has 2 N–H and O–H groups in total. The lowest BCUT2D eigenvalue weighted by Gasteiger charge is -2.22. The van der Waals surface area contributed by atoms with Crippen LogP contribution >= 0.6 is 22.7 Å². The van der Waals surface area contributed by atoms with Crippen molar-refractivity contribution >= 4 is 22.7 Å². The summed E-state index contributed by atoms with van der Waals surface area (Å²) in [5, 5.41) is 21.7. The number of hydrogen-bond donors (Lipinski definition) is 2. The van der Waals surface area contributed by atoms with Crippen molar-refractivity contribution in [3.05, 3.63) is 44.8 Å². The van der Waals surface area contributed by atoms with Gasteiger partial charge in [-0.05, 0) is 51.7 Å². The maximum atomic E-state index is 10.3. The Morgan fingerprint density at radius 1 is 1.25 bits per heavy atom. The standard InChI is InChI=1S/C12H15NOS2/c1-12(14,11-3-5-16-8-11)9-13-6-10-2-4-15-7-10/h2-5,7-8,13-14H,6,9H2,1H3. The SMILES string of the molecule is CC(O)(CNCc1ccsc1)c1ccsc1. The third-order valence-corrected chi connectivity index (χ3v) is 3.94. The summed E-state index contributed by atoms with van der Waals surface area (Å²) in [5.41, 5.74) is 1.47.